The lowest BCUT2D eigenvalue weighted by Gasteiger charge is -2.32. The van der Waals surface area contributed by atoms with Crippen LogP contribution in [0.4, 0.5) is 0 Å². The van der Waals surface area contributed by atoms with Crippen molar-refractivity contribution in [2.45, 2.75) is 19.4 Å². The molecule has 0 bridgehead atoms. The van der Waals surface area contributed by atoms with Gasteiger partial charge in [0.25, 0.3) is 5.91 Å². The van der Waals surface area contributed by atoms with Crippen molar-refractivity contribution in [1.82, 2.24) is 20.5 Å². The zero-order valence-electron chi connectivity index (χ0n) is 14.9. The van der Waals surface area contributed by atoms with Crippen LogP contribution in [0.2, 0.25) is 5.02 Å². The van der Waals surface area contributed by atoms with Gasteiger partial charge in [-0.3, -0.25) is 9.69 Å². The molecule has 1 aliphatic rings. The van der Waals surface area contributed by atoms with Gasteiger partial charge in [-0.1, -0.05) is 35.9 Å². The Morgan fingerprint density at radius 3 is 3.00 bits per heavy atom. The van der Waals surface area contributed by atoms with E-state index in [1.165, 1.54) is 0 Å². The van der Waals surface area contributed by atoms with Gasteiger partial charge >= 0.3 is 0 Å². The summed E-state index contributed by atoms with van der Waals surface area (Å²) in [6.45, 7) is 3.43. The molecule has 0 saturated carbocycles. The van der Waals surface area contributed by atoms with Crippen molar-refractivity contribution in [3.8, 4) is 0 Å². The summed E-state index contributed by atoms with van der Waals surface area (Å²) < 4.78 is 4.86. The van der Waals surface area contributed by atoms with E-state index in [0.717, 1.165) is 49.1 Å². The van der Waals surface area contributed by atoms with Gasteiger partial charge in [-0.05, 0) is 59.4 Å². The number of rotatable bonds is 5. The Balaban J connectivity index is 1.35. The van der Waals surface area contributed by atoms with Crippen LogP contribution in [-0.4, -0.2) is 40.8 Å². The molecule has 1 fully saturated rings. The summed E-state index contributed by atoms with van der Waals surface area (Å²) in [5.74, 6) is 0.302. The van der Waals surface area contributed by atoms with Crippen molar-refractivity contribution >= 4 is 28.5 Å². The topological polar surface area (TPSA) is 71.3 Å². The van der Waals surface area contributed by atoms with E-state index >= 15 is 0 Å². The van der Waals surface area contributed by atoms with Gasteiger partial charge in [-0.2, -0.15) is 0 Å². The minimum atomic E-state index is -0.115. The van der Waals surface area contributed by atoms with E-state index in [-0.39, 0.29) is 5.91 Å². The fraction of sp³-hybridized carbons (Fsp3) is 0.350. The molecular weight excluding hydrogens is 364 g/mol. The molecule has 0 spiro atoms. The van der Waals surface area contributed by atoms with E-state index in [9.17, 15) is 4.79 Å². The maximum Gasteiger partial charge on any atom is 0.252 e. The number of fused-ring (bicyclic) bond motifs is 1. The van der Waals surface area contributed by atoms with E-state index in [4.69, 9.17) is 16.2 Å². The standard InChI is InChI=1S/C20H21ClN4O2/c21-17-8-2-1-7-16(17)20(26)22-11-14-5-4-10-25(12-14)13-15-6-3-9-18-19(15)24-27-23-18/h1-3,6-9,14H,4-5,10-13H2,(H,22,26)/t14-/m1/s1. The van der Waals surface area contributed by atoms with Crippen LogP contribution in [0, 0.1) is 5.92 Å². The molecule has 2 heterocycles. The zero-order valence-corrected chi connectivity index (χ0v) is 15.7. The van der Waals surface area contributed by atoms with Crippen molar-refractivity contribution in [3.63, 3.8) is 0 Å². The number of amides is 1. The van der Waals surface area contributed by atoms with E-state index in [1.807, 2.05) is 24.3 Å². The molecule has 0 radical (unpaired) electrons. The first-order chi connectivity index (χ1) is 13.2. The summed E-state index contributed by atoms with van der Waals surface area (Å²) in [4.78, 5) is 14.8. The first kappa shape index (κ1) is 17.9. The van der Waals surface area contributed by atoms with Crippen LogP contribution in [0.15, 0.2) is 47.1 Å². The normalized spacial score (nSPS) is 17.9. The zero-order chi connectivity index (χ0) is 18.6. The highest BCUT2D eigenvalue weighted by molar-refractivity contribution is 6.33. The third-order valence-electron chi connectivity index (χ3n) is 5.04. The Bertz CT molecular complexity index is 942. The molecule has 27 heavy (non-hydrogen) atoms. The summed E-state index contributed by atoms with van der Waals surface area (Å²) in [6, 6.07) is 13.1. The Labute approximate surface area is 162 Å². The summed E-state index contributed by atoms with van der Waals surface area (Å²) >= 11 is 6.10. The predicted octanol–water partition coefficient (Wildman–Crippen LogP) is 3.52. The van der Waals surface area contributed by atoms with Gasteiger partial charge in [0.05, 0.1) is 10.6 Å². The van der Waals surface area contributed by atoms with E-state index < -0.39 is 0 Å². The van der Waals surface area contributed by atoms with Crippen LogP contribution >= 0.6 is 11.6 Å². The average molecular weight is 385 g/mol. The number of nitrogens with one attached hydrogen (secondary N) is 1. The van der Waals surface area contributed by atoms with Gasteiger partial charge < -0.3 is 5.32 Å². The van der Waals surface area contributed by atoms with Crippen molar-refractivity contribution in [2.75, 3.05) is 19.6 Å². The molecule has 3 aromatic rings. The maximum absolute atomic E-state index is 12.4. The summed E-state index contributed by atoms with van der Waals surface area (Å²) in [7, 11) is 0. The largest absolute Gasteiger partial charge is 0.352 e. The number of hydrogen-bond acceptors (Lipinski definition) is 5. The lowest BCUT2D eigenvalue weighted by atomic mass is 9.97. The second-order valence-electron chi connectivity index (χ2n) is 6.98. The predicted molar refractivity (Wildman–Crippen MR) is 104 cm³/mol. The Hall–Kier alpha value is -2.44. The lowest BCUT2D eigenvalue weighted by molar-refractivity contribution is 0.0931. The first-order valence-electron chi connectivity index (χ1n) is 9.16. The summed E-state index contributed by atoms with van der Waals surface area (Å²) in [6.07, 6.45) is 2.22. The fourth-order valence-corrected chi connectivity index (χ4v) is 3.89. The molecule has 0 unspecified atom stereocenters. The van der Waals surface area contributed by atoms with E-state index in [0.29, 0.717) is 23.0 Å². The number of aromatic nitrogens is 2. The highest BCUT2D eigenvalue weighted by Crippen LogP contribution is 2.22. The molecule has 1 N–H and O–H groups in total. The van der Waals surface area contributed by atoms with Crippen molar-refractivity contribution in [1.29, 1.82) is 0 Å². The molecule has 0 aliphatic carbocycles. The molecule has 1 atom stereocenters. The number of benzene rings is 2. The molecule has 4 rings (SSSR count). The van der Waals surface area contributed by atoms with Crippen LogP contribution in [0.5, 0.6) is 0 Å². The van der Waals surface area contributed by atoms with Gasteiger partial charge in [-0.25, -0.2) is 4.63 Å². The minimum Gasteiger partial charge on any atom is -0.352 e. The second-order valence-corrected chi connectivity index (χ2v) is 7.39. The quantitative estimate of drug-likeness (QED) is 0.728. The molecule has 1 aromatic heterocycles. The van der Waals surface area contributed by atoms with Gasteiger partial charge in [0.15, 0.2) is 0 Å². The van der Waals surface area contributed by atoms with Crippen LogP contribution in [0.25, 0.3) is 11.0 Å². The molecule has 6 nitrogen and oxygen atoms in total. The highest BCUT2D eigenvalue weighted by atomic mass is 35.5. The number of likely N-dealkylation sites (tertiary alicyclic amines) is 1. The first-order valence-corrected chi connectivity index (χ1v) is 9.54. The number of carbonyl (C=O) groups excluding carboxylic acids is 1. The van der Waals surface area contributed by atoms with Crippen LogP contribution < -0.4 is 5.32 Å². The van der Waals surface area contributed by atoms with Crippen molar-refractivity contribution in [3.05, 3.63) is 58.6 Å². The van der Waals surface area contributed by atoms with Crippen LogP contribution in [-0.2, 0) is 6.54 Å². The third kappa shape index (κ3) is 4.12. The summed E-state index contributed by atoms with van der Waals surface area (Å²) in [5.41, 5.74) is 3.26. The monoisotopic (exact) mass is 384 g/mol. The van der Waals surface area contributed by atoms with Crippen molar-refractivity contribution in [2.24, 2.45) is 5.92 Å². The molecule has 1 amide bonds. The number of hydrogen-bond donors (Lipinski definition) is 1. The number of nitrogens with zero attached hydrogens (tertiary/aromatic N) is 3. The van der Waals surface area contributed by atoms with Gasteiger partial charge in [0.2, 0.25) is 0 Å². The van der Waals surface area contributed by atoms with Crippen molar-refractivity contribution < 1.29 is 9.42 Å². The smallest absolute Gasteiger partial charge is 0.252 e. The molecule has 140 valence electrons. The van der Waals surface area contributed by atoms with E-state index in [1.54, 1.807) is 12.1 Å². The van der Waals surface area contributed by atoms with Crippen LogP contribution in [0.3, 0.4) is 0 Å². The Morgan fingerprint density at radius 1 is 1.22 bits per heavy atom. The third-order valence-corrected chi connectivity index (χ3v) is 5.37. The molecule has 1 aliphatic heterocycles. The van der Waals surface area contributed by atoms with E-state index in [2.05, 4.69) is 26.6 Å². The van der Waals surface area contributed by atoms with Gasteiger partial charge in [0, 0.05) is 19.6 Å². The highest BCUT2D eigenvalue weighted by Gasteiger charge is 2.22. The van der Waals surface area contributed by atoms with Gasteiger partial charge in [0.1, 0.15) is 11.0 Å². The molecule has 7 heteroatoms. The second kappa shape index (κ2) is 8.06. The Kier molecular flexibility index (Phi) is 5.36. The fourth-order valence-electron chi connectivity index (χ4n) is 3.67. The average Bonchev–Trinajstić information content (AvgIpc) is 3.17. The molecule has 2 aromatic carbocycles. The minimum absolute atomic E-state index is 0.115. The molecular formula is C20H21ClN4O2. The van der Waals surface area contributed by atoms with Gasteiger partial charge in [-0.15, -0.1) is 0 Å². The van der Waals surface area contributed by atoms with Crippen LogP contribution in [0.1, 0.15) is 28.8 Å². The SMILES string of the molecule is O=C(NC[C@H]1CCCN(Cc2cccc3nonc23)C1)c1ccccc1Cl. The number of piperidine rings is 1. The maximum atomic E-state index is 12.4. The summed E-state index contributed by atoms with van der Waals surface area (Å²) in [5, 5.41) is 11.4. The Morgan fingerprint density at radius 2 is 2.11 bits per heavy atom. The number of carbonyl (C=O) groups is 1. The lowest BCUT2D eigenvalue weighted by Crippen LogP contribution is -2.40. The molecule has 1 saturated heterocycles. The number of halogens is 1.